The van der Waals surface area contributed by atoms with E-state index in [0.717, 1.165) is 83.8 Å². The van der Waals surface area contributed by atoms with Crippen molar-refractivity contribution in [3.8, 4) is 0 Å². The fourth-order valence-corrected chi connectivity index (χ4v) is 7.49. The quantitative estimate of drug-likeness (QED) is 0.0280. The Labute approximate surface area is 365 Å². The minimum absolute atomic E-state index is 0.285. The summed E-state index contributed by atoms with van der Waals surface area (Å²) < 4.78 is 23.8. The van der Waals surface area contributed by atoms with E-state index in [-0.39, 0.29) is 12.4 Å². The van der Waals surface area contributed by atoms with Gasteiger partial charge in [0.1, 0.15) is 6.10 Å². The minimum atomic E-state index is -0.783. The van der Waals surface area contributed by atoms with Gasteiger partial charge < -0.3 is 29.0 Å². The molecule has 0 rings (SSSR count). The van der Waals surface area contributed by atoms with Crippen molar-refractivity contribution in [2.24, 2.45) is 5.92 Å². The Morgan fingerprint density at radius 1 is 0.508 bits per heavy atom. The number of carbonyl (C=O) groups is 2. The van der Waals surface area contributed by atoms with E-state index in [4.69, 9.17) is 18.9 Å². The van der Waals surface area contributed by atoms with Crippen LogP contribution in [0.25, 0.3) is 0 Å². The predicted molar refractivity (Wildman–Crippen MR) is 249 cm³/mol. The second kappa shape index (κ2) is 45.6. The van der Waals surface area contributed by atoms with Crippen LogP contribution in [0.3, 0.4) is 0 Å². The van der Waals surface area contributed by atoms with Crippen molar-refractivity contribution in [2.75, 3.05) is 39.5 Å². The smallest absolute Gasteiger partial charge is 0.481 e. The van der Waals surface area contributed by atoms with Gasteiger partial charge in [0.2, 0.25) is 0 Å². The van der Waals surface area contributed by atoms with Gasteiger partial charge in [-0.05, 0) is 109 Å². The molecule has 2 atom stereocenters. The second-order valence-corrected chi connectivity index (χ2v) is 16.8. The van der Waals surface area contributed by atoms with Crippen LogP contribution in [0, 0.1) is 5.92 Å². The minimum Gasteiger partial charge on any atom is -0.481 e. The van der Waals surface area contributed by atoms with E-state index in [1.165, 1.54) is 109 Å². The lowest BCUT2D eigenvalue weighted by Crippen LogP contribution is -2.26. The Hall–Kier alpha value is -1.90. The number of hydrogen-bond acceptors (Lipinski definition) is 7. The third-order valence-corrected chi connectivity index (χ3v) is 11.5. The Bertz CT molecular complexity index is 934. The number of carboxylic acid groups (broad SMARTS) is 1. The van der Waals surface area contributed by atoms with Crippen molar-refractivity contribution in [2.45, 2.75) is 246 Å². The predicted octanol–water partition coefficient (Wildman–Crippen LogP) is 15.2. The van der Waals surface area contributed by atoms with Crippen molar-refractivity contribution >= 4 is 12.1 Å². The molecule has 0 aliphatic heterocycles. The van der Waals surface area contributed by atoms with Gasteiger partial charge in [-0.2, -0.15) is 0 Å². The molecule has 2 unspecified atom stereocenters. The number of aliphatic carboxylic acids is 1. The summed E-state index contributed by atoms with van der Waals surface area (Å²) in [5.74, 6) is -1.28. The first-order valence-corrected chi connectivity index (χ1v) is 25.2. The van der Waals surface area contributed by atoms with Crippen molar-refractivity contribution in [3.63, 3.8) is 0 Å². The molecule has 0 saturated carbocycles. The SMILES string of the molecule is CCCCCC=CCC=CCCCCCCCCC(CCC(CCCC(OCCCCCCCC)OCCCCCCCC)C(=O)O)OC(=O)OCCCN(CC)CC. The highest BCUT2D eigenvalue weighted by atomic mass is 16.7. The Morgan fingerprint density at radius 2 is 1.02 bits per heavy atom. The molecule has 0 saturated heterocycles. The van der Waals surface area contributed by atoms with Crippen molar-refractivity contribution in [1.29, 1.82) is 0 Å². The standard InChI is InChI=1S/C51H97NO7/c1-6-11-14-17-20-21-22-23-24-25-26-27-28-29-30-33-39-48(59-51(55)58-46-37-43-52(9-4)10-5)42-41-47(50(53)54)38-36-40-49(56-44-34-31-18-15-12-7-2)57-45-35-32-19-16-13-8-3/h20-21,23-24,47-49H,6-19,22,25-46H2,1-5H3,(H,53,54). The molecular formula is C51H97NO7. The van der Waals surface area contributed by atoms with Crippen LogP contribution in [0.15, 0.2) is 24.3 Å². The molecule has 0 aromatic rings. The maximum absolute atomic E-state index is 12.8. The average molecular weight is 836 g/mol. The molecule has 0 aliphatic rings. The maximum atomic E-state index is 12.8. The summed E-state index contributed by atoms with van der Waals surface area (Å²) in [7, 11) is 0. The molecule has 348 valence electrons. The third kappa shape index (κ3) is 40.0. The van der Waals surface area contributed by atoms with Crippen LogP contribution < -0.4 is 0 Å². The number of carbonyl (C=O) groups excluding carboxylic acids is 1. The van der Waals surface area contributed by atoms with Gasteiger partial charge in [-0.1, -0.05) is 162 Å². The summed E-state index contributed by atoms with van der Waals surface area (Å²) in [4.78, 5) is 27.5. The van der Waals surface area contributed by atoms with Gasteiger partial charge in [-0.15, -0.1) is 0 Å². The van der Waals surface area contributed by atoms with E-state index >= 15 is 0 Å². The van der Waals surface area contributed by atoms with Crippen LogP contribution >= 0.6 is 0 Å². The molecule has 8 heteroatoms. The molecule has 0 fully saturated rings. The summed E-state index contributed by atoms with van der Waals surface area (Å²) in [5.41, 5.74) is 0. The topological polar surface area (TPSA) is 94.5 Å². The lowest BCUT2D eigenvalue weighted by molar-refractivity contribution is -0.150. The second-order valence-electron chi connectivity index (χ2n) is 16.8. The third-order valence-electron chi connectivity index (χ3n) is 11.5. The molecule has 0 aromatic carbocycles. The molecule has 0 bridgehead atoms. The molecule has 0 aliphatic carbocycles. The van der Waals surface area contributed by atoms with Gasteiger partial charge in [0, 0.05) is 19.8 Å². The van der Waals surface area contributed by atoms with E-state index in [2.05, 4.69) is 63.8 Å². The first-order chi connectivity index (χ1) is 28.9. The zero-order valence-corrected chi connectivity index (χ0v) is 39.5. The largest absolute Gasteiger partial charge is 0.508 e. The number of carboxylic acids is 1. The van der Waals surface area contributed by atoms with Crippen LogP contribution in [0.1, 0.15) is 234 Å². The summed E-state index contributed by atoms with van der Waals surface area (Å²) in [6, 6.07) is 0. The van der Waals surface area contributed by atoms with E-state index in [1.807, 2.05) is 0 Å². The molecule has 59 heavy (non-hydrogen) atoms. The van der Waals surface area contributed by atoms with Crippen LogP contribution in [0.4, 0.5) is 4.79 Å². The number of nitrogens with zero attached hydrogens (tertiary/aromatic N) is 1. The van der Waals surface area contributed by atoms with E-state index in [9.17, 15) is 14.7 Å². The number of hydrogen-bond donors (Lipinski definition) is 1. The van der Waals surface area contributed by atoms with E-state index < -0.39 is 18.0 Å². The molecule has 8 nitrogen and oxygen atoms in total. The molecule has 0 radical (unpaired) electrons. The zero-order valence-electron chi connectivity index (χ0n) is 39.5. The van der Waals surface area contributed by atoms with Crippen molar-refractivity contribution in [1.82, 2.24) is 4.90 Å². The summed E-state index contributed by atoms with van der Waals surface area (Å²) >= 11 is 0. The summed E-state index contributed by atoms with van der Waals surface area (Å²) in [6.07, 6.45) is 41.1. The van der Waals surface area contributed by atoms with Gasteiger partial charge in [0.05, 0.1) is 12.5 Å². The van der Waals surface area contributed by atoms with E-state index in [0.29, 0.717) is 45.5 Å². The molecule has 0 spiro atoms. The number of rotatable bonds is 46. The Morgan fingerprint density at radius 3 is 1.58 bits per heavy atom. The van der Waals surface area contributed by atoms with E-state index in [1.54, 1.807) is 0 Å². The summed E-state index contributed by atoms with van der Waals surface area (Å²) in [6.45, 7) is 15.5. The first-order valence-electron chi connectivity index (χ1n) is 25.2. The Balaban J connectivity index is 4.95. The number of allylic oxidation sites excluding steroid dienone is 4. The van der Waals surface area contributed by atoms with Gasteiger partial charge in [-0.3, -0.25) is 4.79 Å². The van der Waals surface area contributed by atoms with Crippen molar-refractivity contribution < 1.29 is 33.6 Å². The lowest BCUT2D eigenvalue weighted by Gasteiger charge is -2.22. The van der Waals surface area contributed by atoms with Crippen LogP contribution in [0.2, 0.25) is 0 Å². The molecule has 0 heterocycles. The summed E-state index contributed by atoms with van der Waals surface area (Å²) in [5, 5.41) is 10.2. The highest BCUT2D eigenvalue weighted by Crippen LogP contribution is 2.23. The van der Waals surface area contributed by atoms with Gasteiger partial charge >= 0.3 is 12.1 Å². The lowest BCUT2D eigenvalue weighted by atomic mass is 9.93. The van der Waals surface area contributed by atoms with Crippen molar-refractivity contribution in [3.05, 3.63) is 24.3 Å². The average Bonchev–Trinajstić information content (AvgIpc) is 3.23. The maximum Gasteiger partial charge on any atom is 0.508 e. The molecule has 1 N–H and O–H groups in total. The zero-order chi connectivity index (χ0) is 43.3. The molecular weight excluding hydrogens is 739 g/mol. The normalized spacial score (nSPS) is 13.0. The Kier molecular flexibility index (Phi) is 44.2. The van der Waals surface area contributed by atoms with Crippen LogP contribution in [0.5, 0.6) is 0 Å². The fourth-order valence-electron chi connectivity index (χ4n) is 7.49. The molecule has 0 aromatic heterocycles. The highest BCUT2D eigenvalue weighted by molar-refractivity contribution is 5.69. The van der Waals surface area contributed by atoms with Gasteiger partial charge in [-0.25, -0.2) is 4.79 Å². The fraction of sp³-hybridized carbons (Fsp3) is 0.882. The number of unbranched alkanes of at least 4 members (excludes halogenated alkanes) is 19. The highest BCUT2D eigenvalue weighted by Gasteiger charge is 2.23. The number of ether oxygens (including phenoxy) is 4. The van der Waals surface area contributed by atoms with Gasteiger partial charge in [0.15, 0.2) is 6.29 Å². The molecule has 0 amide bonds. The van der Waals surface area contributed by atoms with Gasteiger partial charge in [0.25, 0.3) is 0 Å². The monoisotopic (exact) mass is 836 g/mol. The first kappa shape index (κ1) is 57.1. The van der Waals surface area contributed by atoms with Crippen LogP contribution in [-0.4, -0.2) is 74.0 Å². The van der Waals surface area contributed by atoms with Crippen LogP contribution in [-0.2, 0) is 23.7 Å².